The van der Waals surface area contributed by atoms with E-state index >= 15 is 0 Å². The van der Waals surface area contributed by atoms with E-state index in [1.165, 1.54) is 0 Å². The fraction of sp³-hybridized carbons (Fsp3) is 0.310. The normalized spacial score (nSPS) is 12.5. The largest absolute Gasteiger partial charge is 0.352 e. The Morgan fingerprint density at radius 2 is 1.60 bits per heavy atom. The van der Waals surface area contributed by atoms with Gasteiger partial charge in [-0.15, -0.1) is 11.8 Å². The first-order valence-corrected chi connectivity index (χ1v) is 13.8. The summed E-state index contributed by atoms with van der Waals surface area (Å²) in [6.45, 7) is 4.41. The zero-order valence-corrected chi connectivity index (χ0v) is 22.7. The molecule has 2 amide bonds. The van der Waals surface area contributed by atoms with Crippen molar-refractivity contribution in [1.82, 2.24) is 10.2 Å². The van der Waals surface area contributed by atoms with Crippen molar-refractivity contribution in [2.45, 2.75) is 56.6 Å². The van der Waals surface area contributed by atoms with Crippen LogP contribution in [-0.4, -0.2) is 34.6 Å². The zero-order valence-electron chi connectivity index (χ0n) is 20.3. The van der Waals surface area contributed by atoms with Crippen molar-refractivity contribution in [2.24, 2.45) is 0 Å². The summed E-state index contributed by atoms with van der Waals surface area (Å²) in [5.74, 6) is 0.527. The van der Waals surface area contributed by atoms with Crippen molar-refractivity contribution in [3.8, 4) is 0 Å². The van der Waals surface area contributed by atoms with Crippen LogP contribution in [-0.2, 0) is 22.6 Å². The van der Waals surface area contributed by atoms with Gasteiger partial charge in [0, 0.05) is 40.5 Å². The van der Waals surface area contributed by atoms with Gasteiger partial charge in [0.2, 0.25) is 11.8 Å². The lowest BCUT2D eigenvalue weighted by Crippen LogP contribution is -2.52. The number of benzene rings is 3. The predicted octanol–water partition coefficient (Wildman–Crippen LogP) is 6.49. The van der Waals surface area contributed by atoms with E-state index in [-0.39, 0.29) is 17.9 Å². The lowest BCUT2D eigenvalue weighted by Gasteiger charge is -2.32. The summed E-state index contributed by atoms with van der Waals surface area (Å²) in [5.41, 5.74) is 2.01. The van der Waals surface area contributed by atoms with Gasteiger partial charge < -0.3 is 10.2 Å². The molecule has 1 N–H and O–H groups in total. The van der Waals surface area contributed by atoms with Crippen LogP contribution in [0.3, 0.4) is 0 Å². The molecule has 0 aliphatic rings. The van der Waals surface area contributed by atoms with E-state index in [0.717, 1.165) is 26.9 Å². The molecule has 0 spiro atoms. The summed E-state index contributed by atoms with van der Waals surface area (Å²) in [7, 11) is 0. The Balaban J connectivity index is 1.86. The van der Waals surface area contributed by atoms with E-state index in [9.17, 15) is 9.59 Å². The topological polar surface area (TPSA) is 49.4 Å². The maximum absolute atomic E-state index is 13.6. The Kier molecular flexibility index (Phi) is 10.9. The minimum atomic E-state index is -0.598. The van der Waals surface area contributed by atoms with Crippen molar-refractivity contribution < 1.29 is 9.59 Å². The van der Waals surface area contributed by atoms with E-state index in [1.807, 2.05) is 98.8 Å². The van der Waals surface area contributed by atoms with Gasteiger partial charge in [0.25, 0.3) is 0 Å². The molecule has 0 aliphatic heterocycles. The second-order valence-electron chi connectivity index (χ2n) is 8.59. The molecule has 35 heavy (non-hydrogen) atoms. The second kappa shape index (κ2) is 14.1. The third-order valence-electron chi connectivity index (χ3n) is 5.84. The van der Waals surface area contributed by atoms with Crippen molar-refractivity contribution >= 4 is 39.5 Å². The van der Waals surface area contributed by atoms with E-state index < -0.39 is 6.04 Å². The summed E-state index contributed by atoms with van der Waals surface area (Å²) >= 11 is 5.19. The van der Waals surface area contributed by atoms with Gasteiger partial charge in [-0.1, -0.05) is 83.5 Å². The molecule has 6 heteroatoms. The highest BCUT2D eigenvalue weighted by Crippen LogP contribution is 2.22. The molecule has 0 unspecified atom stereocenters. The standard InChI is InChI=1S/C29H33BrN2O2S/c1-3-22(2)31-29(34)27(20-23-11-6-4-7-12-23)32(21-24-13-10-14-25(30)19-24)28(33)17-18-35-26-15-8-5-9-16-26/h4-16,19,22,27H,3,17-18,20-21H2,1-2H3,(H,31,34)/t22-,27+/m1/s1. The Morgan fingerprint density at radius 3 is 2.26 bits per heavy atom. The summed E-state index contributed by atoms with van der Waals surface area (Å²) < 4.78 is 0.950. The molecule has 0 radical (unpaired) electrons. The van der Waals surface area contributed by atoms with Gasteiger partial charge in [-0.25, -0.2) is 0 Å². The molecular formula is C29H33BrN2O2S. The van der Waals surface area contributed by atoms with Gasteiger partial charge in [-0.05, 0) is 48.7 Å². The number of hydrogen-bond donors (Lipinski definition) is 1. The van der Waals surface area contributed by atoms with Gasteiger partial charge in [-0.3, -0.25) is 9.59 Å². The molecule has 4 nitrogen and oxygen atoms in total. The maximum Gasteiger partial charge on any atom is 0.243 e. The van der Waals surface area contributed by atoms with Crippen LogP contribution in [0.4, 0.5) is 0 Å². The van der Waals surface area contributed by atoms with Crippen LogP contribution in [0.25, 0.3) is 0 Å². The first-order valence-electron chi connectivity index (χ1n) is 12.0. The molecule has 0 saturated heterocycles. The van der Waals surface area contributed by atoms with Crippen LogP contribution in [0.1, 0.15) is 37.8 Å². The summed E-state index contributed by atoms with van der Waals surface area (Å²) in [6.07, 6.45) is 1.65. The number of halogens is 1. The quantitative estimate of drug-likeness (QED) is 0.261. The molecule has 0 heterocycles. The third-order valence-corrected chi connectivity index (χ3v) is 7.35. The predicted molar refractivity (Wildman–Crippen MR) is 148 cm³/mol. The van der Waals surface area contributed by atoms with Gasteiger partial charge in [-0.2, -0.15) is 0 Å². The molecule has 3 aromatic carbocycles. The average Bonchev–Trinajstić information content (AvgIpc) is 2.87. The highest BCUT2D eigenvalue weighted by molar-refractivity contribution is 9.10. The van der Waals surface area contributed by atoms with E-state index in [0.29, 0.717) is 25.1 Å². The number of carbonyl (C=O) groups is 2. The van der Waals surface area contributed by atoms with Gasteiger partial charge in [0.15, 0.2) is 0 Å². The zero-order chi connectivity index (χ0) is 25.0. The summed E-state index contributed by atoms with van der Waals surface area (Å²) in [4.78, 5) is 30.0. The van der Waals surface area contributed by atoms with Crippen LogP contribution in [0, 0.1) is 0 Å². The molecular weight excluding hydrogens is 520 g/mol. The van der Waals surface area contributed by atoms with Gasteiger partial charge >= 0.3 is 0 Å². The van der Waals surface area contributed by atoms with Crippen molar-refractivity contribution in [3.05, 3.63) is 101 Å². The number of nitrogens with zero attached hydrogens (tertiary/aromatic N) is 1. The van der Waals surface area contributed by atoms with E-state index in [4.69, 9.17) is 0 Å². The molecule has 184 valence electrons. The van der Waals surface area contributed by atoms with Crippen molar-refractivity contribution in [3.63, 3.8) is 0 Å². The molecule has 3 aromatic rings. The Labute approximate surface area is 221 Å². The highest BCUT2D eigenvalue weighted by Gasteiger charge is 2.30. The number of rotatable bonds is 12. The van der Waals surface area contributed by atoms with Crippen LogP contribution >= 0.6 is 27.7 Å². The van der Waals surface area contributed by atoms with Crippen LogP contribution in [0.15, 0.2) is 94.3 Å². The molecule has 0 saturated carbocycles. The van der Waals surface area contributed by atoms with Crippen molar-refractivity contribution in [1.29, 1.82) is 0 Å². The number of hydrogen-bond acceptors (Lipinski definition) is 3. The lowest BCUT2D eigenvalue weighted by molar-refractivity contribution is -0.141. The number of nitrogens with one attached hydrogen (secondary N) is 1. The Morgan fingerprint density at radius 1 is 0.943 bits per heavy atom. The second-order valence-corrected chi connectivity index (χ2v) is 10.7. The van der Waals surface area contributed by atoms with Crippen LogP contribution in [0.2, 0.25) is 0 Å². The average molecular weight is 554 g/mol. The fourth-order valence-electron chi connectivity index (χ4n) is 3.74. The van der Waals surface area contributed by atoms with E-state index in [1.54, 1.807) is 16.7 Å². The fourth-order valence-corrected chi connectivity index (χ4v) is 5.05. The third kappa shape index (κ3) is 8.86. The molecule has 0 aliphatic carbocycles. The van der Waals surface area contributed by atoms with Crippen LogP contribution < -0.4 is 5.32 Å². The lowest BCUT2D eigenvalue weighted by atomic mass is 10.0. The molecule has 3 rings (SSSR count). The minimum Gasteiger partial charge on any atom is -0.352 e. The number of carbonyl (C=O) groups excluding carboxylic acids is 2. The first kappa shape index (κ1) is 27.0. The van der Waals surface area contributed by atoms with Crippen LogP contribution in [0.5, 0.6) is 0 Å². The first-order chi connectivity index (χ1) is 17.0. The van der Waals surface area contributed by atoms with Gasteiger partial charge in [0.1, 0.15) is 6.04 Å². The summed E-state index contributed by atoms with van der Waals surface area (Å²) in [5, 5.41) is 3.12. The Hall–Kier alpha value is -2.57. The molecule has 0 fully saturated rings. The number of thioether (sulfide) groups is 1. The maximum atomic E-state index is 13.6. The molecule has 0 bridgehead atoms. The Bertz CT molecular complexity index is 1080. The minimum absolute atomic E-state index is 0.0198. The van der Waals surface area contributed by atoms with Crippen molar-refractivity contribution in [2.75, 3.05) is 5.75 Å². The summed E-state index contributed by atoms with van der Waals surface area (Å²) in [6, 6.07) is 27.4. The van der Waals surface area contributed by atoms with E-state index in [2.05, 4.69) is 21.2 Å². The molecule has 2 atom stereocenters. The highest BCUT2D eigenvalue weighted by atomic mass is 79.9. The number of amides is 2. The van der Waals surface area contributed by atoms with Gasteiger partial charge in [0.05, 0.1) is 0 Å². The monoisotopic (exact) mass is 552 g/mol. The molecule has 0 aromatic heterocycles. The smallest absolute Gasteiger partial charge is 0.243 e. The SMILES string of the molecule is CC[C@@H](C)NC(=O)[C@H](Cc1ccccc1)N(Cc1cccc(Br)c1)C(=O)CCSc1ccccc1.